The molecule has 0 unspecified atom stereocenters. The molecule has 2 N–H and O–H groups in total. The fourth-order valence-electron chi connectivity index (χ4n) is 4.17. The van der Waals surface area contributed by atoms with Crippen LogP contribution < -0.4 is 10.6 Å². The van der Waals surface area contributed by atoms with Crippen molar-refractivity contribution in [3.05, 3.63) is 100 Å². The van der Waals surface area contributed by atoms with Crippen LogP contribution in [0, 0.1) is 26.7 Å². The normalized spacial score (nSPS) is 11.1. The third-order valence-electron chi connectivity index (χ3n) is 6.25. The highest BCUT2D eigenvalue weighted by Gasteiger charge is 2.17. The Morgan fingerprint density at radius 3 is 2.37 bits per heavy atom. The van der Waals surface area contributed by atoms with E-state index in [0.29, 0.717) is 36.0 Å². The van der Waals surface area contributed by atoms with Crippen LogP contribution in [0.4, 0.5) is 5.69 Å². The summed E-state index contributed by atoms with van der Waals surface area (Å²) in [4.78, 5) is 25.9. The van der Waals surface area contributed by atoms with E-state index in [9.17, 15) is 9.59 Å². The van der Waals surface area contributed by atoms with Crippen molar-refractivity contribution in [1.82, 2.24) is 9.88 Å². The molecule has 0 aliphatic heterocycles. The topological polar surface area (TPSA) is 63.1 Å². The van der Waals surface area contributed by atoms with Gasteiger partial charge in [-0.1, -0.05) is 49.7 Å². The average molecular weight is 468 g/mol. The van der Waals surface area contributed by atoms with Gasteiger partial charge >= 0.3 is 0 Å². The molecule has 4 rings (SSSR count). The second-order valence-corrected chi connectivity index (χ2v) is 9.74. The van der Waals surface area contributed by atoms with Crippen molar-refractivity contribution in [2.45, 2.75) is 41.2 Å². The van der Waals surface area contributed by atoms with Crippen LogP contribution in [-0.4, -0.2) is 22.9 Å². The third kappa shape index (κ3) is 5.62. The molecule has 35 heavy (non-hydrogen) atoms. The van der Waals surface area contributed by atoms with E-state index in [-0.39, 0.29) is 11.8 Å². The molecule has 5 nitrogen and oxygen atoms in total. The largest absolute Gasteiger partial charge is 0.351 e. The van der Waals surface area contributed by atoms with Gasteiger partial charge in [0, 0.05) is 35.2 Å². The van der Waals surface area contributed by atoms with Crippen molar-refractivity contribution >= 4 is 28.4 Å². The van der Waals surface area contributed by atoms with Gasteiger partial charge in [0.05, 0.1) is 0 Å². The Kier molecular flexibility index (Phi) is 7.06. The molecule has 5 heteroatoms. The number of aromatic nitrogens is 1. The van der Waals surface area contributed by atoms with Crippen LogP contribution in [0.25, 0.3) is 10.9 Å². The van der Waals surface area contributed by atoms with Crippen LogP contribution in [0.15, 0.2) is 66.7 Å². The Labute approximate surface area is 207 Å². The summed E-state index contributed by atoms with van der Waals surface area (Å²) < 4.78 is 2.05. The minimum Gasteiger partial charge on any atom is -0.351 e. The molecule has 1 heterocycles. The molecule has 0 aliphatic carbocycles. The summed E-state index contributed by atoms with van der Waals surface area (Å²) in [6, 6.07) is 21.7. The number of benzene rings is 3. The predicted molar refractivity (Wildman–Crippen MR) is 143 cm³/mol. The van der Waals surface area contributed by atoms with Crippen LogP contribution in [0.2, 0.25) is 0 Å². The molecule has 4 aromatic rings. The molecular formula is C30H33N3O2. The Bertz CT molecular complexity index is 1400. The minimum atomic E-state index is -0.151. The first-order valence-corrected chi connectivity index (χ1v) is 12.1. The van der Waals surface area contributed by atoms with Crippen molar-refractivity contribution in [2.75, 3.05) is 11.9 Å². The molecule has 180 valence electrons. The van der Waals surface area contributed by atoms with Gasteiger partial charge in [0.2, 0.25) is 0 Å². The van der Waals surface area contributed by atoms with Crippen molar-refractivity contribution < 1.29 is 9.59 Å². The smallest absolute Gasteiger partial charge is 0.267 e. The van der Waals surface area contributed by atoms with Crippen molar-refractivity contribution in [1.29, 1.82) is 0 Å². The van der Waals surface area contributed by atoms with E-state index in [1.165, 1.54) is 5.56 Å². The number of anilines is 1. The van der Waals surface area contributed by atoms with E-state index < -0.39 is 0 Å². The second kappa shape index (κ2) is 10.2. The number of carbonyl (C=O) groups is 2. The van der Waals surface area contributed by atoms with Crippen molar-refractivity contribution in [3.63, 3.8) is 0 Å². The summed E-state index contributed by atoms with van der Waals surface area (Å²) in [5, 5.41) is 6.96. The van der Waals surface area contributed by atoms with Gasteiger partial charge in [-0.05, 0) is 79.8 Å². The van der Waals surface area contributed by atoms with Gasteiger partial charge in [-0.25, -0.2) is 0 Å². The molecule has 0 radical (unpaired) electrons. The summed E-state index contributed by atoms with van der Waals surface area (Å²) in [6.07, 6.45) is 0. The van der Waals surface area contributed by atoms with Crippen LogP contribution >= 0.6 is 0 Å². The van der Waals surface area contributed by atoms with Gasteiger partial charge in [0.15, 0.2) is 0 Å². The predicted octanol–water partition coefficient (Wildman–Crippen LogP) is 6.25. The maximum Gasteiger partial charge on any atom is 0.267 e. The lowest BCUT2D eigenvalue weighted by Crippen LogP contribution is -2.29. The standard InChI is InChI=1S/C30H33N3O2/c1-19(2)17-31-30(35)28-16-25-15-26(32-29(34)24-10-9-21(4)22(5)14-24)11-12-27(25)33(28)18-23-8-6-7-20(3)13-23/h6-16,19H,17-18H2,1-5H3,(H,31,35)(H,32,34). The molecule has 0 aliphatic rings. The first-order chi connectivity index (χ1) is 16.7. The molecular weight excluding hydrogens is 434 g/mol. The molecule has 0 spiro atoms. The zero-order valence-electron chi connectivity index (χ0n) is 21.1. The van der Waals surface area contributed by atoms with Crippen LogP contribution in [0.1, 0.15) is 56.9 Å². The number of hydrogen-bond donors (Lipinski definition) is 2. The number of nitrogens with zero attached hydrogens (tertiary/aromatic N) is 1. The highest BCUT2D eigenvalue weighted by Crippen LogP contribution is 2.26. The van der Waals surface area contributed by atoms with E-state index >= 15 is 0 Å². The second-order valence-electron chi connectivity index (χ2n) is 9.74. The van der Waals surface area contributed by atoms with E-state index in [1.807, 2.05) is 62.4 Å². The van der Waals surface area contributed by atoms with Gasteiger partial charge in [-0.3, -0.25) is 9.59 Å². The molecule has 0 bridgehead atoms. The quantitative estimate of drug-likeness (QED) is 0.337. The lowest BCUT2D eigenvalue weighted by Gasteiger charge is -2.13. The summed E-state index contributed by atoms with van der Waals surface area (Å²) in [5.74, 6) is 0.116. The van der Waals surface area contributed by atoms with Gasteiger partial charge in [0.25, 0.3) is 11.8 Å². The third-order valence-corrected chi connectivity index (χ3v) is 6.25. The molecule has 0 fully saturated rings. The van der Waals surface area contributed by atoms with Gasteiger partial charge < -0.3 is 15.2 Å². The molecule has 2 amide bonds. The Balaban J connectivity index is 1.68. The first kappa shape index (κ1) is 24.3. The van der Waals surface area contributed by atoms with Gasteiger partial charge in [0.1, 0.15) is 5.69 Å². The fraction of sp³-hybridized carbons (Fsp3) is 0.267. The SMILES string of the molecule is Cc1cccc(Cn2c(C(=O)NCC(C)C)cc3cc(NC(=O)c4ccc(C)c(C)c4)ccc32)c1. The highest BCUT2D eigenvalue weighted by molar-refractivity contribution is 6.06. The van der Waals surface area contributed by atoms with E-state index in [4.69, 9.17) is 0 Å². The number of aryl methyl sites for hydroxylation is 3. The number of fused-ring (bicyclic) bond motifs is 1. The van der Waals surface area contributed by atoms with Gasteiger partial charge in [-0.15, -0.1) is 0 Å². The maximum absolute atomic E-state index is 13.1. The summed E-state index contributed by atoms with van der Waals surface area (Å²) >= 11 is 0. The maximum atomic E-state index is 13.1. The first-order valence-electron chi connectivity index (χ1n) is 12.1. The number of amides is 2. The monoisotopic (exact) mass is 467 g/mol. The zero-order valence-corrected chi connectivity index (χ0v) is 21.1. The fourth-order valence-corrected chi connectivity index (χ4v) is 4.17. The van der Waals surface area contributed by atoms with Gasteiger partial charge in [-0.2, -0.15) is 0 Å². The number of hydrogen-bond acceptors (Lipinski definition) is 2. The highest BCUT2D eigenvalue weighted by atomic mass is 16.2. The minimum absolute atomic E-state index is 0.0942. The summed E-state index contributed by atoms with van der Waals surface area (Å²) in [6.45, 7) is 11.5. The lowest BCUT2D eigenvalue weighted by molar-refractivity contribution is 0.0940. The van der Waals surface area contributed by atoms with E-state index in [2.05, 4.69) is 54.2 Å². The zero-order chi connectivity index (χ0) is 25.1. The Morgan fingerprint density at radius 1 is 0.857 bits per heavy atom. The summed E-state index contributed by atoms with van der Waals surface area (Å²) in [5.41, 5.74) is 7.43. The lowest BCUT2D eigenvalue weighted by atomic mass is 10.1. The van der Waals surface area contributed by atoms with Crippen LogP contribution in [0.5, 0.6) is 0 Å². The Morgan fingerprint density at radius 2 is 1.66 bits per heavy atom. The number of nitrogens with one attached hydrogen (secondary N) is 2. The summed E-state index contributed by atoms with van der Waals surface area (Å²) in [7, 11) is 0. The average Bonchev–Trinajstić information content (AvgIpc) is 3.16. The molecule has 0 saturated heterocycles. The van der Waals surface area contributed by atoms with Crippen molar-refractivity contribution in [3.8, 4) is 0 Å². The van der Waals surface area contributed by atoms with Crippen LogP contribution in [0.3, 0.4) is 0 Å². The Hall–Kier alpha value is -3.86. The molecule has 3 aromatic carbocycles. The van der Waals surface area contributed by atoms with Crippen molar-refractivity contribution in [2.24, 2.45) is 5.92 Å². The van der Waals surface area contributed by atoms with Crippen LogP contribution in [-0.2, 0) is 6.54 Å². The molecule has 0 saturated carbocycles. The number of carbonyl (C=O) groups excluding carboxylic acids is 2. The molecule has 1 aromatic heterocycles. The van der Waals surface area contributed by atoms with E-state index in [1.54, 1.807) is 0 Å². The number of rotatable bonds is 7. The molecule has 0 atom stereocenters. The van der Waals surface area contributed by atoms with E-state index in [0.717, 1.165) is 27.6 Å².